The topological polar surface area (TPSA) is 78.2 Å². The van der Waals surface area contributed by atoms with E-state index in [0.717, 1.165) is 25.1 Å². The summed E-state index contributed by atoms with van der Waals surface area (Å²) in [5.41, 5.74) is 0.883. The van der Waals surface area contributed by atoms with Crippen LogP contribution in [0.5, 0.6) is 0 Å². The zero-order chi connectivity index (χ0) is 16.2. The summed E-state index contributed by atoms with van der Waals surface area (Å²) in [5, 5.41) is 11.7. The van der Waals surface area contributed by atoms with Crippen LogP contribution < -0.4 is 10.2 Å². The second-order valence-electron chi connectivity index (χ2n) is 6.44. The zero-order valence-electron chi connectivity index (χ0n) is 13.3. The van der Waals surface area contributed by atoms with Crippen molar-refractivity contribution in [1.82, 2.24) is 10.3 Å². The first-order valence-corrected chi connectivity index (χ1v) is 7.48. The van der Waals surface area contributed by atoms with Crippen molar-refractivity contribution in [2.75, 3.05) is 18.0 Å². The summed E-state index contributed by atoms with van der Waals surface area (Å²) in [6.07, 6.45) is 3.24. The van der Waals surface area contributed by atoms with Gasteiger partial charge in [0.1, 0.15) is 17.4 Å². The van der Waals surface area contributed by atoms with Crippen LogP contribution in [0.2, 0.25) is 0 Å². The molecule has 0 aliphatic carbocycles. The van der Waals surface area contributed by atoms with Gasteiger partial charge in [-0.3, -0.25) is 0 Å². The molecule has 1 amide bonds. The van der Waals surface area contributed by atoms with E-state index in [4.69, 9.17) is 10.00 Å². The molecule has 0 radical (unpaired) electrons. The number of piperidine rings is 1. The summed E-state index contributed by atoms with van der Waals surface area (Å²) < 4.78 is 5.29. The van der Waals surface area contributed by atoms with E-state index in [0.29, 0.717) is 12.2 Å². The normalized spacial score (nSPS) is 18.5. The minimum absolute atomic E-state index is 0.0549. The van der Waals surface area contributed by atoms with Crippen LogP contribution in [0.1, 0.15) is 39.3 Å². The van der Waals surface area contributed by atoms with Gasteiger partial charge in [0, 0.05) is 19.1 Å². The lowest BCUT2D eigenvalue weighted by Crippen LogP contribution is -2.49. The highest BCUT2D eigenvalue weighted by Gasteiger charge is 2.24. The van der Waals surface area contributed by atoms with Crippen LogP contribution in [-0.4, -0.2) is 35.8 Å². The van der Waals surface area contributed by atoms with E-state index in [1.165, 1.54) is 0 Å². The van der Waals surface area contributed by atoms with Crippen LogP contribution in [0.15, 0.2) is 18.3 Å². The average Bonchev–Trinajstić information content (AvgIpc) is 2.45. The van der Waals surface area contributed by atoms with E-state index < -0.39 is 5.60 Å². The highest BCUT2D eigenvalue weighted by molar-refractivity contribution is 5.68. The molecular formula is C16H22N4O2. The molecule has 1 saturated heterocycles. The smallest absolute Gasteiger partial charge is 0.407 e. The standard InChI is InChI=1S/C16H22N4O2/c1-16(2,3)22-15(21)19-13-5-4-8-20(11-13)14-7-6-12(9-17)18-10-14/h6-7,10,13H,4-5,8,11H2,1-3H3,(H,19,21). The molecule has 1 aliphatic heterocycles. The van der Waals surface area contributed by atoms with Crippen molar-refractivity contribution < 1.29 is 9.53 Å². The number of carbonyl (C=O) groups is 1. The lowest BCUT2D eigenvalue weighted by molar-refractivity contribution is 0.0500. The van der Waals surface area contributed by atoms with Gasteiger partial charge in [0.15, 0.2) is 0 Å². The maximum atomic E-state index is 11.9. The number of carbonyl (C=O) groups excluding carboxylic acids is 1. The van der Waals surface area contributed by atoms with Gasteiger partial charge >= 0.3 is 6.09 Å². The second kappa shape index (κ2) is 6.65. The summed E-state index contributed by atoms with van der Waals surface area (Å²) in [5.74, 6) is 0. The highest BCUT2D eigenvalue weighted by Crippen LogP contribution is 2.19. The van der Waals surface area contributed by atoms with Gasteiger partial charge in [-0.25, -0.2) is 9.78 Å². The molecule has 1 aliphatic rings. The first kappa shape index (κ1) is 16.1. The highest BCUT2D eigenvalue weighted by atomic mass is 16.6. The number of anilines is 1. The number of hydrogen-bond acceptors (Lipinski definition) is 5. The van der Waals surface area contributed by atoms with Gasteiger partial charge in [0.25, 0.3) is 0 Å². The van der Waals surface area contributed by atoms with Gasteiger partial charge in [-0.2, -0.15) is 5.26 Å². The van der Waals surface area contributed by atoms with Crippen molar-refractivity contribution in [2.24, 2.45) is 0 Å². The van der Waals surface area contributed by atoms with Gasteiger partial charge in [-0.1, -0.05) is 0 Å². The Balaban J connectivity index is 1.94. The molecule has 0 spiro atoms. The summed E-state index contributed by atoms with van der Waals surface area (Å²) >= 11 is 0. The first-order valence-electron chi connectivity index (χ1n) is 7.48. The lowest BCUT2D eigenvalue weighted by atomic mass is 10.1. The fraction of sp³-hybridized carbons (Fsp3) is 0.562. The lowest BCUT2D eigenvalue weighted by Gasteiger charge is -2.34. The molecule has 1 atom stereocenters. The van der Waals surface area contributed by atoms with E-state index in [1.807, 2.05) is 32.9 Å². The third-order valence-corrected chi connectivity index (χ3v) is 3.37. The van der Waals surface area contributed by atoms with Crippen molar-refractivity contribution in [3.63, 3.8) is 0 Å². The Labute approximate surface area is 131 Å². The number of nitrogens with zero attached hydrogens (tertiary/aromatic N) is 3. The van der Waals surface area contributed by atoms with E-state index in [2.05, 4.69) is 15.2 Å². The van der Waals surface area contributed by atoms with Crippen molar-refractivity contribution in [1.29, 1.82) is 5.26 Å². The number of hydrogen-bond donors (Lipinski definition) is 1. The number of nitrogens with one attached hydrogen (secondary N) is 1. The molecule has 1 fully saturated rings. The molecule has 6 nitrogen and oxygen atoms in total. The molecule has 0 bridgehead atoms. The minimum Gasteiger partial charge on any atom is -0.444 e. The number of nitriles is 1. The molecule has 22 heavy (non-hydrogen) atoms. The third-order valence-electron chi connectivity index (χ3n) is 3.37. The quantitative estimate of drug-likeness (QED) is 0.908. The van der Waals surface area contributed by atoms with Crippen LogP contribution in [0.4, 0.5) is 10.5 Å². The molecule has 2 heterocycles. The maximum Gasteiger partial charge on any atom is 0.407 e. The predicted molar refractivity (Wildman–Crippen MR) is 83.6 cm³/mol. The molecule has 1 N–H and O–H groups in total. The van der Waals surface area contributed by atoms with Gasteiger partial charge in [-0.05, 0) is 45.7 Å². The van der Waals surface area contributed by atoms with Crippen LogP contribution in [0.25, 0.3) is 0 Å². The monoisotopic (exact) mass is 302 g/mol. The largest absolute Gasteiger partial charge is 0.444 e. The van der Waals surface area contributed by atoms with Gasteiger partial charge < -0.3 is 15.0 Å². The molecule has 0 aromatic carbocycles. The number of pyridine rings is 1. The molecule has 2 rings (SSSR count). The molecule has 118 valence electrons. The third kappa shape index (κ3) is 4.62. The molecule has 1 aromatic heterocycles. The van der Waals surface area contributed by atoms with Gasteiger partial charge in [0.2, 0.25) is 0 Å². The van der Waals surface area contributed by atoms with Crippen LogP contribution in [-0.2, 0) is 4.74 Å². The Kier molecular flexibility index (Phi) is 4.86. The fourth-order valence-electron chi connectivity index (χ4n) is 2.44. The average molecular weight is 302 g/mol. The Morgan fingerprint density at radius 2 is 2.27 bits per heavy atom. The number of alkyl carbamates (subject to hydrolysis) is 1. The Bertz CT molecular complexity index is 557. The van der Waals surface area contributed by atoms with Crippen molar-refractivity contribution in [3.8, 4) is 6.07 Å². The Morgan fingerprint density at radius 1 is 1.50 bits per heavy atom. The maximum absolute atomic E-state index is 11.9. The van der Waals surface area contributed by atoms with Crippen molar-refractivity contribution in [2.45, 2.75) is 45.3 Å². The molecule has 1 unspecified atom stereocenters. The summed E-state index contributed by atoms with van der Waals surface area (Å²) in [6, 6.07) is 5.66. The van der Waals surface area contributed by atoms with Crippen molar-refractivity contribution in [3.05, 3.63) is 24.0 Å². The minimum atomic E-state index is -0.491. The van der Waals surface area contributed by atoms with E-state index in [1.54, 1.807) is 12.3 Å². The molecule has 0 saturated carbocycles. The molecular weight excluding hydrogens is 280 g/mol. The van der Waals surface area contributed by atoms with E-state index in [-0.39, 0.29) is 12.1 Å². The Hall–Kier alpha value is -2.29. The number of rotatable bonds is 2. The van der Waals surface area contributed by atoms with Crippen LogP contribution in [0, 0.1) is 11.3 Å². The Morgan fingerprint density at radius 3 is 2.86 bits per heavy atom. The van der Waals surface area contributed by atoms with Crippen LogP contribution in [0.3, 0.4) is 0 Å². The van der Waals surface area contributed by atoms with Crippen LogP contribution >= 0.6 is 0 Å². The number of amides is 1. The summed E-state index contributed by atoms with van der Waals surface area (Å²) in [4.78, 5) is 18.1. The number of aromatic nitrogens is 1. The molecule has 1 aromatic rings. The van der Waals surface area contributed by atoms with E-state index >= 15 is 0 Å². The van der Waals surface area contributed by atoms with Gasteiger partial charge in [-0.15, -0.1) is 0 Å². The zero-order valence-corrected chi connectivity index (χ0v) is 13.3. The summed E-state index contributed by atoms with van der Waals surface area (Å²) in [7, 11) is 0. The summed E-state index contributed by atoms with van der Waals surface area (Å²) in [6.45, 7) is 7.18. The fourth-order valence-corrected chi connectivity index (χ4v) is 2.44. The molecule has 6 heteroatoms. The SMILES string of the molecule is CC(C)(C)OC(=O)NC1CCCN(c2ccc(C#N)nc2)C1. The second-order valence-corrected chi connectivity index (χ2v) is 6.44. The van der Waals surface area contributed by atoms with E-state index in [9.17, 15) is 4.79 Å². The number of ether oxygens (including phenoxy) is 1. The van der Waals surface area contributed by atoms with Gasteiger partial charge in [0.05, 0.1) is 11.9 Å². The first-order chi connectivity index (χ1) is 10.4. The van der Waals surface area contributed by atoms with Crippen molar-refractivity contribution >= 4 is 11.8 Å². The predicted octanol–water partition coefficient (Wildman–Crippen LogP) is 2.45.